The van der Waals surface area contributed by atoms with E-state index in [9.17, 15) is 0 Å². The van der Waals surface area contributed by atoms with Gasteiger partial charge in [0.1, 0.15) is 0 Å². The summed E-state index contributed by atoms with van der Waals surface area (Å²) in [5.74, 6) is 0.988. The zero-order valence-electron chi connectivity index (χ0n) is 16.5. The molecular formula is C27H22BrOP. The molecular weight excluding hydrogens is 451 g/mol. The number of para-hydroxylation sites is 1. The topological polar surface area (TPSA) is 13.1 Å². The van der Waals surface area contributed by atoms with Gasteiger partial charge in [-0.1, -0.05) is 0 Å². The molecule has 1 heterocycles. The minimum absolute atomic E-state index is 0.762. The molecule has 0 aliphatic rings. The number of furan rings is 1. The van der Waals surface area contributed by atoms with Gasteiger partial charge in [0.25, 0.3) is 0 Å². The van der Waals surface area contributed by atoms with Crippen LogP contribution in [0.15, 0.2) is 126 Å². The van der Waals surface area contributed by atoms with Crippen molar-refractivity contribution in [1.29, 1.82) is 0 Å². The summed E-state index contributed by atoms with van der Waals surface area (Å²) in [7, 11) is 0. The van der Waals surface area contributed by atoms with Gasteiger partial charge in [-0.2, -0.15) is 0 Å². The van der Waals surface area contributed by atoms with Crippen LogP contribution in [0.3, 0.4) is 0 Å². The molecule has 30 heavy (non-hydrogen) atoms. The molecule has 0 bridgehead atoms. The van der Waals surface area contributed by atoms with Crippen LogP contribution in [0.25, 0.3) is 11.0 Å². The predicted molar refractivity (Wildman–Crippen MR) is 134 cm³/mol. The van der Waals surface area contributed by atoms with Crippen molar-refractivity contribution in [2.45, 2.75) is 6.16 Å². The van der Waals surface area contributed by atoms with Gasteiger partial charge in [-0.05, 0) is 0 Å². The fourth-order valence-electron chi connectivity index (χ4n) is 4.34. The molecule has 0 saturated heterocycles. The predicted octanol–water partition coefficient (Wildman–Crippen LogP) is 6.77. The van der Waals surface area contributed by atoms with E-state index < -0.39 is 5.31 Å². The van der Waals surface area contributed by atoms with E-state index in [1.54, 1.807) is 0 Å². The van der Waals surface area contributed by atoms with Crippen LogP contribution in [0.2, 0.25) is 0 Å². The fourth-order valence-corrected chi connectivity index (χ4v) is 11.8. The number of halogens is 1. The second-order valence-electron chi connectivity index (χ2n) is 7.60. The Labute approximate surface area is 185 Å². The molecule has 148 valence electrons. The molecule has 3 heteroatoms. The van der Waals surface area contributed by atoms with E-state index >= 15 is 0 Å². The number of rotatable bonds is 5. The van der Waals surface area contributed by atoms with E-state index in [2.05, 4.69) is 125 Å². The molecule has 0 N–H and O–H groups in total. The summed E-state index contributed by atoms with van der Waals surface area (Å²) in [5, 5.41) is 1.99. The Kier molecular flexibility index (Phi) is 4.85. The van der Waals surface area contributed by atoms with E-state index in [1.165, 1.54) is 15.9 Å². The molecule has 0 unspecified atom stereocenters. The van der Waals surface area contributed by atoms with Gasteiger partial charge in [-0.3, -0.25) is 0 Å². The van der Waals surface area contributed by atoms with Gasteiger partial charge in [0, 0.05) is 0 Å². The summed E-state index contributed by atoms with van der Waals surface area (Å²) in [5.41, 5.74) is 0.930. The van der Waals surface area contributed by atoms with Crippen molar-refractivity contribution in [1.82, 2.24) is 0 Å². The Balaban J connectivity index is 1.84. The Morgan fingerprint density at radius 3 is 1.47 bits per heavy atom. The van der Waals surface area contributed by atoms with Crippen molar-refractivity contribution < 1.29 is 4.42 Å². The van der Waals surface area contributed by atoms with Gasteiger partial charge in [-0.25, -0.2) is 0 Å². The van der Waals surface area contributed by atoms with E-state index in [0.717, 1.165) is 22.9 Å². The van der Waals surface area contributed by atoms with Crippen molar-refractivity contribution >= 4 is 47.7 Å². The van der Waals surface area contributed by atoms with Gasteiger partial charge >= 0.3 is 185 Å². The van der Waals surface area contributed by atoms with E-state index in [1.807, 2.05) is 12.1 Å². The van der Waals surface area contributed by atoms with Gasteiger partial charge in [0.2, 0.25) is 0 Å². The summed E-state index contributed by atoms with van der Waals surface area (Å²) < 4.78 is 6.36. The standard InChI is InChI=1S/C27H22BrOP/c28-30(24-13-4-1-5-14-24,25-15-6-2-7-16-25,26-17-8-3-9-18-26)21-23-20-22-12-10-11-19-27(22)29-23/h1-20H,21H2. The van der Waals surface area contributed by atoms with Crippen LogP contribution >= 0.6 is 20.8 Å². The molecule has 0 fully saturated rings. The van der Waals surface area contributed by atoms with Crippen molar-refractivity contribution in [2.24, 2.45) is 0 Å². The summed E-state index contributed by atoms with van der Waals surface area (Å²) in [4.78, 5) is 0. The maximum atomic E-state index is 6.36. The van der Waals surface area contributed by atoms with Crippen LogP contribution in [0, 0.1) is 0 Å². The zero-order chi connectivity index (χ0) is 20.5. The van der Waals surface area contributed by atoms with Gasteiger partial charge in [0.15, 0.2) is 0 Å². The fraction of sp³-hybridized carbons (Fsp3) is 0.0370. The first-order chi connectivity index (χ1) is 14.7. The molecule has 0 amide bonds. The van der Waals surface area contributed by atoms with Crippen LogP contribution in [0.4, 0.5) is 0 Å². The number of hydrogen-bond donors (Lipinski definition) is 0. The van der Waals surface area contributed by atoms with Crippen LogP contribution in [-0.4, -0.2) is 0 Å². The summed E-state index contributed by atoms with van der Waals surface area (Å²) >= 11 is 4.48. The quantitative estimate of drug-likeness (QED) is 0.257. The first kappa shape index (κ1) is 19.3. The third kappa shape index (κ3) is 3.03. The van der Waals surface area contributed by atoms with Crippen LogP contribution in [-0.2, 0) is 6.16 Å². The maximum absolute atomic E-state index is 6.36. The molecule has 0 aliphatic carbocycles. The molecule has 0 aliphatic heterocycles. The van der Waals surface area contributed by atoms with Crippen molar-refractivity contribution in [2.75, 3.05) is 0 Å². The van der Waals surface area contributed by atoms with Crippen LogP contribution in [0.5, 0.6) is 0 Å². The van der Waals surface area contributed by atoms with Gasteiger partial charge < -0.3 is 0 Å². The Morgan fingerprint density at radius 2 is 1.00 bits per heavy atom. The van der Waals surface area contributed by atoms with Gasteiger partial charge in [-0.15, -0.1) is 0 Å². The second kappa shape index (κ2) is 7.54. The molecule has 5 aromatic rings. The zero-order valence-corrected chi connectivity index (χ0v) is 19.0. The Morgan fingerprint density at radius 1 is 0.567 bits per heavy atom. The number of fused-ring (bicyclic) bond motifs is 1. The first-order valence-electron chi connectivity index (χ1n) is 10.1. The molecule has 4 aromatic carbocycles. The number of benzene rings is 4. The molecule has 0 spiro atoms. The molecule has 5 rings (SSSR count). The summed E-state index contributed by atoms with van der Waals surface area (Å²) in [6, 6.07) is 42.9. The SMILES string of the molecule is BrP(Cc1cc2ccccc2o1)(c1ccccc1)(c1ccccc1)c1ccccc1. The van der Waals surface area contributed by atoms with E-state index in [0.29, 0.717) is 0 Å². The van der Waals surface area contributed by atoms with Crippen LogP contribution in [0.1, 0.15) is 5.76 Å². The van der Waals surface area contributed by atoms with Crippen molar-refractivity contribution in [3.8, 4) is 0 Å². The minimum atomic E-state index is -3.03. The van der Waals surface area contributed by atoms with Gasteiger partial charge in [0.05, 0.1) is 0 Å². The van der Waals surface area contributed by atoms with E-state index in [-0.39, 0.29) is 0 Å². The molecule has 0 saturated carbocycles. The number of hydrogen-bond acceptors (Lipinski definition) is 1. The average Bonchev–Trinajstić information content (AvgIpc) is 3.23. The van der Waals surface area contributed by atoms with Crippen LogP contribution < -0.4 is 15.9 Å². The third-order valence-corrected chi connectivity index (χ3v) is 15.3. The molecule has 1 aromatic heterocycles. The Bertz CT molecular complexity index is 1150. The molecule has 1 nitrogen and oxygen atoms in total. The third-order valence-electron chi connectivity index (χ3n) is 5.81. The molecule has 0 radical (unpaired) electrons. The van der Waals surface area contributed by atoms with Crippen molar-refractivity contribution in [3.63, 3.8) is 0 Å². The van der Waals surface area contributed by atoms with E-state index in [4.69, 9.17) is 4.42 Å². The summed E-state index contributed by atoms with van der Waals surface area (Å²) in [6.07, 6.45) is 0.762. The average molecular weight is 473 g/mol. The first-order valence-corrected chi connectivity index (χ1v) is 14.5. The molecule has 0 atom stereocenters. The summed E-state index contributed by atoms with van der Waals surface area (Å²) in [6.45, 7) is 0. The van der Waals surface area contributed by atoms with Crippen molar-refractivity contribution in [3.05, 3.63) is 127 Å². The monoisotopic (exact) mass is 472 g/mol. The second-order valence-corrected chi connectivity index (χ2v) is 16.5. The Hall–Kier alpha value is -2.67. The normalized spacial score (nSPS) is 13.0.